The molecule has 0 saturated carbocycles. The topological polar surface area (TPSA) is 65.4 Å². The molecule has 0 bridgehead atoms. The Labute approximate surface area is 158 Å². The van der Waals surface area contributed by atoms with Gasteiger partial charge in [0.15, 0.2) is 6.61 Å². The first-order valence-electron chi connectivity index (χ1n) is 8.89. The number of hydrogen-bond donors (Lipinski definition) is 1. The monoisotopic (exact) mass is 365 g/mol. The number of benzene rings is 2. The number of amides is 1. The number of carbonyl (C=O) groups excluding carboxylic acids is 1. The second-order valence-electron chi connectivity index (χ2n) is 6.18. The predicted molar refractivity (Wildman–Crippen MR) is 103 cm³/mol. The number of carbonyl (C=O) groups is 1. The highest BCUT2D eigenvalue weighted by atomic mass is 16.5. The number of aryl methyl sites for hydroxylation is 2. The lowest BCUT2D eigenvalue weighted by Gasteiger charge is -2.09. The van der Waals surface area contributed by atoms with Gasteiger partial charge in [-0.1, -0.05) is 17.7 Å². The van der Waals surface area contributed by atoms with Gasteiger partial charge in [0, 0.05) is 25.5 Å². The summed E-state index contributed by atoms with van der Waals surface area (Å²) in [5, 5.41) is 2.84. The van der Waals surface area contributed by atoms with Crippen molar-refractivity contribution in [1.82, 2.24) is 14.9 Å². The maximum absolute atomic E-state index is 11.8. The maximum atomic E-state index is 11.8. The van der Waals surface area contributed by atoms with Gasteiger partial charge in [0.05, 0.1) is 6.33 Å². The first kappa shape index (κ1) is 18.5. The van der Waals surface area contributed by atoms with E-state index >= 15 is 0 Å². The third-order valence-corrected chi connectivity index (χ3v) is 3.92. The van der Waals surface area contributed by atoms with Gasteiger partial charge in [-0.05, 0) is 49.7 Å². The van der Waals surface area contributed by atoms with Crippen LogP contribution in [0.3, 0.4) is 0 Å². The predicted octanol–water partition coefficient (Wildman–Crippen LogP) is 3.57. The third kappa shape index (κ3) is 6.18. The molecule has 140 valence electrons. The average molecular weight is 365 g/mol. The van der Waals surface area contributed by atoms with Crippen LogP contribution in [0.4, 0.5) is 0 Å². The van der Waals surface area contributed by atoms with Gasteiger partial charge in [0.2, 0.25) is 0 Å². The smallest absolute Gasteiger partial charge is 0.257 e. The fourth-order valence-electron chi connectivity index (χ4n) is 2.45. The Morgan fingerprint density at radius 1 is 1.04 bits per heavy atom. The summed E-state index contributed by atoms with van der Waals surface area (Å²) < 4.78 is 13.3. The molecule has 2 aromatic carbocycles. The molecule has 0 aliphatic heterocycles. The molecule has 0 atom stereocenters. The van der Waals surface area contributed by atoms with Gasteiger partial charge in [-0.2, -0.15) is 0 Å². The number of ether oxygens (including phenoxy) is 2. The van der Waals surface area contributed by atoms with Gasteiger partial charge in [0.1, 0.15) is 17.2 Å². The lowest BCUT2D eigenvalue weighted by atomic mass is 10.2. The van der Waals surface area contributed by atoms with Gasteiger partial charge in [-0.25, -0.2) is 4.98 Å². The van der Waals surface area contributed by atoms with E-state index in [4.69, 9.17) is 9.47 Å². The molecule has 3 aromatic rings. The van der Waals surface area contributed by atoms with Crippen molar-refractivity contribution < 1.29 is 14.3 Å². The first-order valence-corrected chi connectivity index (χ1v) is 8.89. The van der Waals surface area contributed by atoms with Gasteiger partial charge in [-0.15, -0.1) is 0 Å². The van der Waals surface area contributed by atoms with E-state index in [1.54, 1.807) is 24.7 Å². The molecule has 0 radical (unpaired) electrons. The summed E-state index contributed by atoms with van der Waals surface area (Å²) in [5.74, 6) is 1.99. The van der Waals surface area contributed by atoms with Crippen molar-refractivity contribution >= 4 is 5.91 Å². The van der Waals surface area contributed by atoms with Crippen molar-refractivity contribution in [1.29, 1.82) is 0 Å². The Kier molecular flexibility index (Phi) is 6.46. The summed E-state index contributed by atoms with van der Waals surface area (Å²) in [7, 11) is 0. The Balaban J connectivity index is 1.36. The third-order valence-electron chi connectivity index (χ3n) is 3.92. The zero-order valence-electron chi connectivity index (χ0n) is 15.3. The molecule has 6 heteroatoms. The molecule has 3 rings (SSSR count). The Morgan fingerprint density at radius 2 is 1.70 bits per heavy atom. The minimum atomic E-state index is -0.138. The summed E-state index contributed by atoms with van der Waals surface area (Å²) in [6.45, 7) is 3.45. The number of nitrogens with zero attached hydrogens (tertiary/aromatic N) is 2. The van der Waals surface area contributed by atoms with Crippen LogP contribution >= 0.6 is 0 Å². The second-order valence-corrected chi connectivity index (χ2v) is 6.18. The van der Waals surface area contributed by atoms with Crippen molar-refractivity contribution in [2.75, 3.05) is 13.2 Å². The zero-order chi connectivity index (χ0) is 18.9. The highest BCUT2D eigenvalue weighted by Gasteiger charge is 2.03. The number of aromatic nitrogens is 2. The van der Waals surface area contributed by atoms with E-state index in [0.29, 0.717) is 12.3 Å². The van der Waals surface area contributed by atoms with Crippen LogP contribution in [-0.2, 0) is 11.3 Å². The van der Waals surface area contributed by atoms with E-state index in [1.165, 1.54) is 5.56 Å². The molecule has 0 aliphatic carbocycles. The molecule has 0 aliphatic rings. The van der Waals surface area contributed by atoms with Gasteiger partial charge in [0.25, 0.3) is 5.91 Å². The van der Waals surface area contributed by atoms with E-state index in [0.717, 1.165) is 24.5 Å². The highest BCUT2D eigenvalue weighted by Crippen LogP contribution is 2.24. The van der Waals surface area contributed by atoms with Crippen LogP contribution in [0.25, 0.3) is 0 Å². The van der Waals surface area contributed by atoms with Gasteiger partial charge in [-0.3, -0.25) is 4.79 Å². The summed E-state index contributed by atoms with van der Waals surface area (Å²) in [6.07, 6.45) is 6.24. The normalized spacial score (nSPS) is 10.4. The molecule has 0 spiro atoms. The van der Waals surface area contributed by atoms with Crippen LogP contribution in [0.5, 0.6) is 17.2 Å². The lowest BCUT2D eigenvalue weighted by Crippen LogP contribution is -2.30. The molecule has 1 aromatic heterocycles. The molecular weight excluding hydrogens is 342 g/mol. The summed E-state index contributed by atoms with van der Waals surface area (Å²) in [4.78, 5) is 15.8. The van der Waals surface area contributed by atoms with E-state index in [2.05, 4.69) is 10.3 Å². The van der Waals surface area contributed by atoms with Crippen molar-refractivity contribution in [3.8, 4) is 17.2 Å². The van der Waals surface area contributed by atoms with Crippen LogP contribution < -0.4 is 14.8 Å². The minimum absolute atomic E-state index is 0.0107. The first-order chi connectivity index (χ1) is 13.2. The summed E-state index contributed by atoms with van der Waals surface area (Å²) in [6, 6.07) is 15.1. The molecular formula is C21H23N3O3. The number of hydrogen-bond acceptors (Lipinski definition) is 4. The molecule has 1 heterocycles. The quantitative estimate of drug-likeness (QED) is 0.589. The van der Waals surface area contributed by atoms with Crippen molar-refractivity contribution in [3.05, 3.63) is 72.8 Å². The largest absolute Gasteiger partial charge is 0.484 e. The molecule has 0 saturated heterocycles. The van der Waals surface area contributed by atoms with Crippen LogP contribution in [-0.4, -0.2) is 28.6 Å². The van der Waals surface area contributed by atoms with Gasteiger partial charge < -0.3 is 19.4 Å². The fraction of sp³-hybridized carbons (Fsp3) is 0.238. The van der Waals surface area contributed by atoms with Crippen molar-refractivity contribution in [2.24, 2.45) is 0 Å². The molecule has 1 amide bonds. The average Bonchev–Trinajstić information content (AvgIpc) is 3.20. The summed E-state index contributed by atoms with van der Waals surface area (Å²) >= 11 is 0. The van der Waals surface area contributed by atoms with Crippen LogP contribution in [0.1, 0.15) is 12.0 Å². The summed E-state index contributed by atoms with van der Waals surface area (Å²) in [5.41, 5.74) is 1.19. The van der Waals surface area contributed by atoms with Gasteiger partial charge >= 0.3 is 0 Å². The van der Waals surface area contributed by atoms with Crippen LogP contribution in [0, 0.1) is 6.92 Å². The molecule has 27 heavy (non-hydrogen) atoms. The van der Waals surface area contributed by atoms with Crippen molar-refractivity contribution in [3.63, 3.8) is 0 Å². The number of imidazole rings is 1. The number of nitrogens with one attached hydrogen (secondary N) is 1. The van der Waals surface area contributed by atoms with Crippen LogP contribution in [0.15, 0.2) is 67.3 Å². The fourth-order valence-corrected chi connectivity index (χ4v) is 2.45. The van der Waals surface area contributed by atoms with E-state index in [-0.39, 0.29) is 12.5 Å². The van der Waals surface area contributed by atoms with Crippen LogP contribution in [0.2, 0.25) is 0 Å². The van der Waals surface area contributed by atoms with Crippen molar-refractivity contribution in [2.45, 2.75) is 19.9 Å². The van der Waals surface area contributed by atoms with E-state index in [9.17, 15) is 4.79 Å². The molecule has 1 N–H and O–H groups in total. The maximum Gasteiger partial charge on any atom is 0.257 e. The van der Waals surface area contributed by atoms with E-state index < -0.39 is 0 Å². The zero-order valence-corrected chi connectivity index (χ0v) is 15.3. The molecule has 0 unspecified atom stereocenters. The Bertz CT molecular complexity index is 828. The Morgan fingerprint density at radius 3 is 2.37 bits per heavy atom. The Hall–Kier alpha value is -3.28. The standard InChI is InChI=1S/C21H23N3O3/c1-17-3-5-19(6-4-17)27-20-9-7-18(8-10-20)26-15-21(25)23-11-2-13-24-14-12-22-16-24/h3-10,12,14,16H,2,11,13,15H2,1H3,(H,23,25). The lowest BCUT2D eigenvalue weighted by molar-refractivity contribution is -0.123. The molecule has 0 fully saturated rings. The highest BCUT2D eigenvalue weighted by molar-refractivity contribution is 5.77. The number of rotatable bonds is 9. The molecule has 6 nitrogen and oxygen atoms in total. The second kappa shape index (κ2) is 9.43. The minimum Gasteiger partial charge on any atom is -0.484 e. The SMILES string of the molecule is Cc1ccc(Oc2ccc(OCC(=O)NCCCn3ccnc3)cc2)cc1. The van der Waals surface area contributed by atoms with E-state index in [1.807, 2.05) is 54.1 Å².